The molecule has 0 atom stereocenters. The van der Waals surface area contributed by atoms with Crippen molar-refractivity contribution in [2.45, 2.75) is 5.41 Å². The van der Waals surface area contributed by atoms with Crippen LogP contribution in [0.15, 0.2) is 170 Å². The number of benzene rings is 7. The van der Waals surface area contributed by atoms with Gasteiger partial charge in [-0.3, -0.25) is 4.57 Å². The Bertz CT molecular complexity index is 2740. The van der Waals surface area contributed by atoms with Gasteiger partial charge >= 0.3 is 0 Å². The molecule has 3 heterocycles. The molecular formula is C46H28N4O. The molecule has 7 aromatic carbocycles. The minimum atomic E-state index is -0.666. The Morgan fingerprint density at radius 2 is 0.980 bits per heavy atom. The number of aromatic nitrogens is 4. The molecule has 0 N–H and O–H groups in total. The number of nitrogens with zero attached hydrogens (tertiary/aromatic N) is 4. The van der Waals surface area contributed by atoms with Crippen LogP contribution in [-0.4, -0.2) is 19.5 Å². The van der Waals surface area contributed by atoms with E-state index in [9.17, 15) is 0 Å². The highest BCUT2D eigenvalue weighted by Gasteiger charge is 2.52. The summed E-state index contributed by atoms with van der Waals surface area (Å²) in [6.07, 6.45) is 0. The van der Waals surface area contributed by atoms with Crippen LogP contribution in [0.5, 0.6) is 11.5 Å². The molecule has 11 rings (SSSR count). The highest BCUT2D eigenvalue weighted by Crippen LogP contribution is 2.63. The number of para-hydroxylation sites is 3. The number of ether oxygens (including phenoxy) is 1. The molecule has 1 spiro atoms. The van der Waals surface area contributed by atoms with E-state index in [0.29, 0.717) is 17.6 Å². The van der Waals surface area contributed by atoms with Crippen molar-refractivity contribution in [2.24, 2.45) is 0 Å². The summed E-state index contributed by atoms with van der Waals surface area (Å²) in [5.41, 5.74) is 10.4. The molecule has 0 amide bonds. The SMILES string of the molecule is c1ccc(-c2nc(-c3ccccc3)nc(-n3c4ccccc4c4ccc5c(c43)C3(c4ccccc4Oc4ccccc43)c3ccccc3-5)n2)cc1. The van der Waals surface area contributed by atoms with E-state index < -0.39 is 5.41 Å². The van der Waals surface area contributed by atoms with E-state index in [1.54, 1.807) is 0 Å². The summed E-state index contributed by atoms with van der Waals surface area (Å²) < 4.78 is 8.95. The van der Waals surface area contributed by atoms with Gasteiger partial charge in [0.15, 0.2) is 11.6 Å². The van der Waals surface area contributed by atoms with Gasteiger partial charge < -0.3 is 4.74 Å². The van der Waals surface area contributed by atoms with Crippen molar-refractivity contribution in [2.75, 3.05) is 0 Å². The van der Waals surface area contributed by atoms with Crippen molar-refractivity contribution in [3.8, 4) is 51.3 Å². The average Bonchev–Trinajstić information content (AvgIpc) is 3.70. The van der Waals surface area contributed by atoms with Crippen LogP contribution in [0.4, 0.5) is 0 Å². The van der Waals surface area contributed by atoms with Crippen LogP contribution in [0.3, 0.4) is 0 Å². The van der Waals surface area contributed by atoms with Gasteiger partial charge in [-0.05, 0) is 34.9 Å². The first-order valence-corrected chi connectivity index (χ1v) is 17.2. The lowest BCUT2D eigenvalue weighted by molar-refractivity contribution is 0.437. The molecule has 0 fully saturated rings. The Labute approximate surface area is 294 Å². The van der Waals surface area contributed by atoms with E-state index in [4.69, 9.17) is 19.7 Å². The maximum Gasteiger partial charge on any atom is 0.238 e. The lowest BCUT2D eigenvalue weighted by Gasteiger charge is -2.39. The van der Waals surface area contributed by atoms with Gasteiger partial charge in [0.2, 0.25) is 5.95 Å². The van der Waals surface area contributed by atoms with E-state index in [0.717, 1.165) is 55.6 Å². The Morgan fingerprint density at radius 1 is 0.431 bits per heavy atom. The Balaban J connectivity index is 1.34. The quantitative estimate of drug-likeness (QED) is 0.191. The minimum Gasteiger partial charge on any atom is -0.457 e. The van der Waals surface area contributed by atoms with Gasteiger partial charge in [-0.25, -0.2) is 4.98 Å². The number of hydrogen-bond donors (Lipinski definition) is 0. The lowest BCUT2D eigenvalue weighted by atomic mass is 9.65. The Morgan fingerprint density at radius 3 is 1.65 bits per heavy atom. The molecule has 0 radical (unpaired) electrons. The smallest absolute Gasteiger partial charge is 0.238 e. The molecule has 5 heteroatoms. The largest absolute Gasteiger partial charge is 0.457 e. The zero-order chi connectivity index (χ0) is 33.5. The fourth-order valence-corrected chi connectivity index (χ4v) is 8.50. The van der Waals surface area contributed by atoms with E-state index in [1.807, 2.05) is 36.4 Å². The van der Waals surface area contributed by atoms with Crippen molar-refractivity contribution in [1.29, 1.82) is 0 Å². The van der Waals surface area contributed by atoms with Gasteiger partial charge in [0.05, 0.1) is 16.4 Å². The number of rotatable bonds is 3. The Hall–Kier alpha value is -6.85. The first-order chi connectivity index (χ1) is 25.3. The summed E-state index contributed by atoms with van der Waals surface area (Å²) in [5, 5.41) is 2.28. The lowest BCUT2D eigenvalue weighted by Crippen LogP contribution is -2.32. The summed E-state index contributed by atoms with van der Waals surface area (Å²) in [6.45, 7) is 0. The highest BCUT2D eigenvalue weighted by molar-refractivity contribution is 6.14. The predicted octanol–water partition coefficient (Wildman–Crippen LogP) is 10.8. The third-order valence-corrected chi connectivity index (χ3v) is 10.5. The average molecular weight is 653 g/mol. The summed E-state index contributed by atoms with van der Waals surface area (Å²) in [5.74, 6) is 3.53. The van der Waals surface area contributed by atoms with Crippen LogP contribution in [0.1, 0.15) is 22.3 Å². The maximum atomic E-state index is 6.67. The monoisotopic (exact) mass is 652 g/mol. The summed E-state index contributed by atoms with van der Waals surface area (Å²) >= 11 is 0. The molecule has 0 unspecified atom stereocenters. The van der Waals surface area contributed by atoms with Gasteiger partial charge in [0, 0.05) is 38.6 Å². The second-order valence-electron chi connectivity index (χ2n) is 13.1. The van der Waals surface area contributed by atoms with Crippen LogP contribution >= 0.6 is 0 Å². The molecule has 2 aromatic heterocycles. The third kappa shape index (κ3) is 3.83. The standard InChI is InChI=1S/C46H28N4O/c1-3-15-29(16-4-1)43-47-44(30-17-5-2-6-18-30)49-45(48-43)50-38-24-12-8-20-32(38)34-28-27-33-31-19-7-9-21-35(31)46(41(33)42(34)50)36-22-10-13-25-39(36)51-40-26-14-11-23-37(40)46/h1-28H. The van der Waals surface area contributed by atoms with Crippen molar-refractivity contribution in [3.63, 3.8) is 0 Å². The minimum absolute atomic E-state index is 0.571. The first kappa shape index (κ1) is 28.0. The van der Waals surface area contributed by atoms with Crippen LogP contribution in [0.25, 0.3) is 61.7 Å². The molecule has 0 saturated carbocycles. The summed E-state index contributed by atoms with van der Waals surface area (Å²) in [7, 11) is 0. The van der Waals surface area contributed by atoms with Crippen molar-refractivity contribution < 1.29 is 4.74 Å². The van der Waals surface area contributed by atoms with Crippen molar-refractivity contribution >= 4 is 21.8 Å². The molecule has 51 heavy (non-hydrogen) atoms. The summed E-state index contributed by atoms with van der Waals surface area (Å²) in [6, 6.07) is 59.4. The number of hydrogen-bond acceptors (Lipinski definition) is 4. The normalized spacial score (nSPS) is 13.4. The van der Waals surface area contributed by atoms with Crippen LogP contribution in [0.2, 0.25) is 0 Å². The number of fused-ring (bicyclic) bond motifs is 13. The van der Waals surface area contributed by atoms with Gasteiger partial charge in [-0.1, -0.05) is 152 Å². The van der Waals surface area contributed by atoms with Gasteiger partial charge in [0.25, 0.3) is 0 Å². The highest BCUT2D eigenvalue weighted by atomic mass is 16.5. The molecule has 1 aliphatic heterocycles. The van der Waals surface area contributed by atoms with E-state index >= 15 is 0 Å². The fourth-order valence-electron chi connectivity index (χ4n) is 8.50. The van der Waals surface area contributed by atoms with Crippen LogP contribution < -0.4 is 4.74 Å². The van der Waals surface area contributed by atoms with Crippen LogP contribution in [-0.2, 0) is 5.41 Å². The Kier molecular flexibility index (Phi) is 5.81. The van der Waals surface area contributed by atoms with Gasteiger partial charge in [-0.2, -0.15) is 9.97 Å². The maximum absolute atomic E-state index is 6.67. The first-order valence-electron chi connectivity index (χ1n) is 17.2. The van der Waals surface area contributed by atoms with Crippen LogP contribution in [0, 0.1) is 0 Å². The topological polar surface area (TPSA) is 52.8 Å². The predicted molar refractivity (Wildman–Crippen MR) is 202 cm³/mol. The zero-order valence-corrected chi connectivity index (χ0v) is 27.4. The summed E-state index contributed by atoms with van der Waals surface area (Å²) in [4.78, 5) is 15.6. The van der Waals surface area contributed by atoms with Crippen molar-refractivity contribution in [1.82, 2.24) is 19.5 Å². The van der Waals surface area contributed by atoms with E-state index in [2.05, 4.69) is 138 Å². The zero-order valence-electron chi connectivity index (χ0n) is 27.4. The molecule has 0 saturated heterocycles. The van der Waals surface area contributed by atoms with Gasteiger partial charge in [0.1, 0.15) is 11.5 Å². The molecule has 2 aliphatic rings. The molecule has 5 nitrogen and oxygen atoms in total. The van der Waals surface area contributed by atoms with Crippen molar-refractivity contribution in [3.05, 3.63) is 192 Å². The second-order valence-corrected chi connectivity index (χ2v) is 13.1. The molecule has 9 aromatic rings. The van der Waals surface area contributed by atoms with E-state index in [-0.39, 0.29) is 0 Å². The molecule has 0 bridgehead atoms. The van der Waals surface area contributed by atoms with Gasteiger partial charge in [-0.15, -0.1) is 0 Å². The third-order valence-electron chi connectivity index (χ3n) is 10.5. The van der Waals surface area contributed by atoms with E-state index in [1.165, 1.54) is 22.3 Å². The fraction of sp³-hybridized carbons (Fsp3) is 0.0217. The second kappa shape index (κ2) is 10.6. The molecular weight excluding hydrogens is 625 g/mol. The molecule has 1 aliphatic carbocycles. The molecule has 238 valence electrons.